The van der Waals surface area contributed by atoms with E-state index in [-0.39, 0.29) is 5.56 Å². The lowest BCUT2D eigenvalue weighted by Gasteiger charge is -2.09. The topological polar surface area (TPSA) is 85.4 Å². The quantitative estimate of drug-likeness (QED) is 0.820. The number of nitrogens with two attached hydrogens (primary N) is 1. The number of hydrogen-bond donors (Lipinski definition) is 2. The first kappa shape index (κ1) is 13.4. The van der Waals surface area contributed by atoms with Crippen LogP contribution in [0.15, 0.2) is 23.7 Å². The SMILES string of the molecule is Cc1ncsc1CCOc1cc(N)ccc1C(=O)O. The van der Waals surface area contributed by atoms with Gasteiger partial charge < -0.3 is 15.6 Å². The molecule has 0 aliphatic rings. The van der Waals surface area contributed by atoms with E-state index in [0.717, 1.165) is 10.6 Å². The highest BCUT2D eigenvalue weighted by Crippen LogP contribution is 2.22. The van der Waals surface area contributed by atoms with E-state index < -0.39 is 5.97 Å². The first-order valence-corrected chi connectivity index (χ1v) is 6.60. The molecule has 0 aliphatic carbocycles. The van der Waals surface area contributed by atoms with Crippen LogP contribution < -0.4 is 10.5 Å². The van der Waals surface area contributed by atoms with Crippen LogP contribution in [-0.4, -0.2) is 22.7 Å². The van der Waals surface area contributed by atoms with Crippen LogP contribution in [0.1, 0.15) is 20.9 Å². The highest BCUT2D eigenvalue weighted by molar-refractivity contribution is 7.09. The summed E-state index contributed by atoms with van der Waals surface area (Å²) in [6.45, 7) is 2.34. The van der Waals surface area contributed by atoms with E-state index in [4.69, 9.17) is 15.6 Å². The lowest BCUT2D eigenvalue weighted by atomic mass is 10.2. The third-order valence-electron chi connectivity index (χ3n) is 2.67. The van der Waals surface area contributed by atoms with E-state index in [0.29, 0.717) is 24.5 Å². The Labute approximate surface area is 114 Å². The molecular weight excluding hydrogens is 264 g/mol. The van der Waals surface area contributed by atoms with Gasteiger partial charge in [-0.1, -0.05) is 0 Å². The molecule has 0 saturated heterocycles. The zero-order valence-corrected chi connectivity index (χ0v) is 11.2. The molecule has 0 atom stereocenters. The van der Waals surface area contributed by atoms with Gasteiger partial charge in [-0.3, -0.25) is 0 Å². The van der Waals surface area contributed by atoms with Crippen molar-refractivity contribution in [1.82, 2.24) is 4.98 Å². The molecule has 6 heteroatoms. The minimum absolute atomic E-state index is 0.121. The van der Waals surface area contributed by atoms with Crippen LogP contribution in [0.2, 0.25) is 0 Å². The van der Waals surface area contributed by atoms with E-state index in [1.54, 1.807) is 22.9 Å². The molecule has 0 aliphatic heterocycles. The summed E-state index contributed by atoms with van der Waals surface area (Å²) in [6, 6.07) is 4.53. The Morgan fingerprint density at radius 3 is 2.95 bits per heavy atom. The number of benzene rings is 1. The average Bonchev–Trinajstić information content (AvgIpc) is 2.75. The van der Waals surface area contributed by atoms with Crippen molar-refractivity contribution in [3.05, 3.63) is 39.8 Å². The fourth-order valence-corrected chi connectivity index (χ4v) is 2.42. The van der Waals surface area contributed by atoms with E-state index in [1.165, 1.54) is 12.1 Å². The molecule has 100 valence electrons. The number of nitrogens with zero attached hydrogens (tertiary/aromatic N) is 1. The van der Waals surface area contributed by atoms with Gasteiger partial charge in [0.25, 0.3) is 0 Å². The normalized spacial score (nSPS) is 10.4. The second-order valence-corrected chi connectivity index (χ2v) is 4.96. The maximum atomic E-state index is 11.1. The molecule has 2 aromatic rings. The molecule has 19 heavy (non-hydrogen) atoms. The molecule has 5 nitrogen and oxygen atoms in total. The maximum absolute atomic E-state index is 11.1. The highest BCUT2D eigenvalue weighted by atomic mass is 32.1. The van der Waals surface area contributed by atoms with E-state index >= 15 is 0 Å². The van der Waals surface area contributed by atoms with E-state index in [2.05, 4.69) is 4.98 Å². The molecule has 0 spiro atoms. The average molecular weight is 278 g/mol. The molecular formula is C13H14N2O3S. The second-order valence-electron chi connectivity index (χ2n) is 4.02. The van der Waals surface area contributed by atoms with Crippen LogP contribution in [0.5, 0.6) is 5.75 Å². The number of carboxylic acids is 1. The Morgan fingerprint density at radius 1 is 1.53 bits per heavy atom. The Balaban J connectivity index is 2.05. The summed E-state index contributed by atoms with van der Waals surface area (Å²) in [6.07, 6.45) is 0.699. The molecule has 1 aromatic carbocycles. The molecule has 1 heterocycles. The standard InChI is InChI=1S/C13H14N2O3S/c1-8-12(19-7-15-8)4-5-18-11-6-9(14)2-3-10(11)13(16)17/h2-3,6-7H,4-5,14H2,1H3,(H,16,17). The highest BCUT2D eigenvalue weighted by Gasteiger charge is 2.11. The molecule has 0 saturated carbocycles. The van der Waals surface area contributed by atoms with Gasteiger partial charge in [-0.2, -0.15) is 0 Å². The largest absolute Gasteiger partial charge is 0.492 e. The number of nitrogen functional groups attached to an aromatic ring is 1. The Kier molecular flexibility index (Phi) is 4.01. The summed E-state index contributed by atoms with van der Waals surface area (Å²) < 4.78 is 5.53. The fourth-order valence-electron chi connectivity index (χ4n) is 1.65. The van der Waals surface area contributed by atoms with Crippen molar-refractivity contribution >= 4 is 23.0 Å². The predicted molar refractivity (Wildman–Crippen MR) is 73.9 cm³/mol. The van der Waals surface area contributed by atoms with Crippen molar-refractivity contribution in [1.29, 1.82) is 0 Å². The third-order valence-corrected chi connectivity index (χ3v) is 3.66. The van der Waals surface area contributed by atoms with Gasteiger partial charge in [-0.15, -0.1) is 11.3 Å². The second kappa shape index (κ2) is 5.71. The summed E-state index contributed by atoms with van der Waals surface area (Å²) in [5, 5.41) is 9.06. The number of aryl methyl sites for hydroxylation is 1. The molecule has 0 bridgehead atoms. The van der Waals surface area contributed by atoms with Crippen LogP contribution >= 0.6 is 11.3 Å². The van der Waals surface area contributed by atoms with Gasteiger partial charge in [0.05, 0.1) is 17.8 Å². The van der Waals surface area contributed by atoms with Crippen LogP contribution in [0.4, 0.5) is 5.69 Å². The molecule has 3 N–H and O–H groups in total. The number of aromatic nitrogens is 1. The molecule has 0 amide bonds. The number of thiazole rings is 1. The summed E-state index contributed by atoms with van der Waals surface area (Å²) in [5.74, 6) is -0.723. The fraction of sp³-hybridized carbons (Fsp3) is 0.231. The van der Waals surface area contributed by atoms with Gasteiger partial charge in [-0.25, -0.2) is 9.78 Å². The van der Waals surface area contributed by atoms with Gasteiger partial charge in [0, 0.05) is 23.1 Å². The number of anilines is 1. The smallest absolute Gasteiger partial charge is 0.339 e. The number of carboxylic acid groups (broad SMARTS) is 1. The summed E-state index contributed by atoms with van der Waals surface area (Å²) in [5.41, 5.74) is 9.01. The van der Waals surface area contributed by atoms with Crippen molar-refractivity contribution < 1.29 is 14.6 Å². The minimum atomic E-state index is -1.02. The monoisotopic (exact) mass is 278 g/mol. The van der Waals surface area contributed by atoms with Crippen LogP contribution in [0.25, 0.3) is 0 Å². The van der Waals surface area contributed by atoms with E-state index in [9.17, 15) is 4.79 Å². The zero-order chi connectivity index (χ0) is 13.8. The van der Waals surface area contributed by atoms with Crippen LogP contribution in [0.3, 0.4) is 0 Å². The minimum Gasteiger partial charge on any atom is -0.492 e. The molecule has 0 radical (unpaired) electrons. The lowest BCUT2D eigenvalue weighted by Crippen LogP contribution is -2.07. The summed E-state index contributed by atoms with van der Waals surface area (Å²) in [7, 11) is 0. The van der Waals surface area contributed by atoms with Gasteiger partial charge in [0.15, 0.2) is 0 Å². The number of ether oxygens (including phenoxy) is 1. The number of hydrogen-bond acceptors (Lipinski definition) is 5. The van der Waals surface area contributed by atoms with Crippen LogP contribution in [-0.2, 0) is 6.42 Å². The third kappa shape index (κ3) is 3.23. The van der Waals surface area contributed by atoms with Crippen molar-refractivity contribution in [3.8, 4) is 5.75 Å². The predicted octanol–water partition coefficient (Wildman–Crippen LogP) is 2.35. The lowest BCUT2D eigenvalue weighted by molar-refractivity contribution is 0.0692. The van der Waals surface area contributed by atoms with Crippen LogP contribution in [0, 0.1) is 6.92 Å². The maximum Gasteiger partial charge on any atom is 0.339 e. The molecule has 2 rings (SSSR count). The van der Waals surface area contributed by atoms with Crippen molar-refractivity contribution in [2.75, 3.05) is 12.3 Å². The number of carbonyl (C=O) groups is 1. The first-order chi connectivity index (χ1) is 9.08. The Hall–Kier alpha value is -2.08. The van der Waals surface area contributed by atoms with Crippen molar-refractivity contribution in [3.63, 3.8) is 0 Å². The zero-order valence-electron chi connectivity index (χ0n) is 10.4. The summed E-state index contributed by atoms with van der Waals surface area (Å²) >= 11 is 1.57. The molecule has 0 fully saturated rings. The molecule has 0 unspecified atom stereocenters. The van der Waals surface area contributed by atoms with Crippen molar-refractivity contribution in [2.24, 2.45) is 0 Å². The van der Waals surface area contributed by atoms with Gasteiger partial charge in [0.1, 0.15) is 11.3 Å². The molecule has 1 aromatic heterocycles. The van der Waals surface area contributed by atoms with Crippen molar-refractivity contribution in [2.45, 2.75) is 13.3 Å². The van der Waals surface area contributed by atoms with Gasteiger partial charge in [0.2, 0.25) is 0 Å². The van der Waals surface area contributed by atoms with E-state index in [1.807, 2.05) is 6.92 Å². The number of aromatic carboxylic acids is 1. The first-order valence-electron chi connectivity index (χ1n) is 5.72. The Bertz CT molecular complexity index is 595. The Morgan fingerprint density at radius 2 is 2.32 bits per heavy atom. The summed E-state index contributed by atoms with van der Waals surface area (Å²) in [4.78, 5) is 16.3. The van der Waals surface area contributed by atoms with Gasteiger partial charge in [-0.05, 0) is 19.1 Å². The van der Waals surface area contributed by atoms with Gasteiger partial charge >= 0.3 is 5.97 Å². The number of rotatable bonds is 5.